The lowest BCUT2D eigenvalue weighted by Crippen LogP contribution is -2.21. The van der Waals surface area contributed by atoms with E-state index < -0.39 is 6.29 Å². The number of aliphatic hydroxyl groups is 1. The van der Waals surface area contributed by atoms with Crippen molar-refractivity contribution in [1.29, 1.82) is 0 Å². The molecule has 0 aliphatic heterocycles. The molecular weight excluding hydrogens is 374 g/mol. The van der Waals surface area contributed by atoms with Crippen LogP contribution in [-0.2, 0) is 4.74 Å². The predicted molar refractivity (Wildman–Crippen MR) is 116 cm³/mol. The molecule has 6 heteroatoms. The summed E-state index contributed by atoms with van der Waals surface area (Å²) in [7, 11) is 1.45. The second kappa shape index (κ2) is 8.73. The Hall–Kier alpha value is -2.41. The lowest BCUT2D eigenvalue weighted by molar-refractivity contribution is -0.0743. The van der Waals surface area contributed by atoms with Crippen LogP contribution in [0.1, 0.15) is 41.0 Å². The minimum Gasteiger partial charge on any atom is -0.422 e. The molecule has 0 aliphatic carbocycles. The second-order valence-electron chi connectivity index (χ2n) is 6.44. The summed E-state index contributed by atoms with van der Waals surface area (Å²) in [6.45, 7) is 7.93. The van der Waals surface area contributed by atoms with Gasteiger partial charge in [-0.3, -0.25) is 0 Å². The molecule has 0 radical (unpaired) electrons. The fraction of sp³-hybridized carbons (Fsp3) is 0.318. The van der Waals surface area contributed by atoms with Gasteiger partial charge in [0.15, 0.2) is 6.29 Å². The minimum atomic E-state index is -0.931. The van der Waals surface area contributed by atoms with E-state index in [1.54, 1.807) is 6.08 Å². The van der Waals surface area contributed by atoms with Crippen LogP contribution in [0.3, 0.4) is 0 Å². The van der Waals surface area contributed by atoms with Gasteiger partial charge in [0.1, 0.15) is 5.58 Å². The van der Waals surface area contributed by atoms with Gasteiger partial charge >= 0.3 is 5.63 Å². The van der Waals surface area contributed by atoms with E-state index in [-0.39, 0.29) is 5.63 Å². The molecule has 0 saturated heterocycles. The van der Waals surface area contributed by atoms with Crippen LogP contribution in [0.2, 0.25) is 0 Å². The van der Waals surface area contributed by atoms with Gasteiger partial charge in [-0.25, -0.2) is 4.79 Å². The minimum absolute atomic E-state index is 0.355. The van der Waals surface area contributed by atoms with Crippen molar-refractivity contribution >= 4 is 40.1 Å². The van der Waals surface area contributed by atoms with Gasteiger partial charge < -0.3 is 19.2 Å². The molecule has 148 valence electrons. The van der Waals surface area contributed by atoms with Crippen molar-refractivity contribution in [3.8, 4) is 0 Å². The lowest BCUT2D eigenvalue weighted by atomic mass is 10.0. The summed E-state index contributed by atoms with van der Waals surface area (Å²) in [5.41, 5.74) is 2.72. The normalized spacial score (nSPS) is 12.8. The van der Waals surface area contributed by atoms with Crippen LogP contribution < -0.4 is 10.5 Å². The van der Waals surface area contributed by atoms with Crippen LogP contribution in [0.15, 0.2) is 39.5 Å². The van der Waals surface area contributed by atoms with Crippen molar-refractivity contribution in [2.75, 3.05) is 25.1 Å². The maximum atomic E-state index is 12.6. The Morgan fingerprint density at radius 2 is 1.96 bits per heavy atom. The number of aliphatic hydroxyl groups excluding tert-OH is 1. The maximum absolute atomic E-state index is 12.6. The van der Waals surface area contributed by atoms with Crippen molar-refractivity contribution in [2.24, 2.45) is 0 Å². The Morgan fingerprint density at radius 3 is 2.64 bits per heavy atom. The van der Waals surface area contributed by atoms with Gasteiger partial charge in [0, 0.05) is 42.2 Å². The maximum Gasteiger partial charge on any atom is 0.343 e. The molecule has 5 nitrogen and oxygen atoms in total. The molecule has 0 spiro atoms. The molecule has 2 aromatic heterocycles. The predicted octanol–water partition coefficient (Wildman–Crippen LogP) is 4.82. The fourth-order valence-corrected chi connectivity index (χ4v) is 4.09. The summed E-state index contributed by atoms with van der Waals surface area (Å²) in [5, 5.41) is 10.7. The highest BCUT2D eigenvalue weighted by Gasteiger charge is 2.12. The lowest BCUT2D eigenvalue weighted by Gasteiger charge is -2.21. The van der Waals surface area contributed by atoms with E-state index in [4.69, 9.17) is 9.15 Å². The first kappa shape index (κ1) is 20.3. The topological polar surface area (TPSA) is 62.9 Å². The number of ether oxygens (including phenoxy) is 1. The van der Waals surface area contributed by atoms with Gasteiger partial charge in [-0.2, -0.15) is 0 Å². The summed E-state index contributed by atoms with van der Waals surface area (Å²) in [6, 6.07) is 9.70. The van der Waals surface area contributed by atoms with E-state index in [1.807, 2.05) is 37.3 Å². The zero-order valence-corrected chi connectivity index (χ0v) is 17.4. The number of hydrogen-bond acceptors (Lipinski definition) is 6. The fourth-order valence-electron chi connectivity index (χ4n) is 3.21. The van der Waals surface area contributed by atoms with Crippen molar-refractivity contribution in [3.63, 3.8) is 0 Å². The van der Waals surface area contributed by atoms with Crippen LogP contribution >= 0.6 is 11.3 Å². The number of hydrogen-bond donors (Lipinski definition) is 1. The zero-order chi connectivity index (χ0) is 20.3. The Balaban J connectivity index is 1.97. The number of benzene rings is 1. The molecule has 1 aromatic carbocycles. The number of methoxy groups -OCH3 is 1. The molecule has 3 rings (SSSR count). The number of anilines is 1. The van der Waals surface area contributed by atoms with E-state index in [0.717, 1.165) is 34.6 Å². The van der Waals surface area contributed by atoms with E-state index in [1.165, 1.54) is 18.4 Å². The Labute approximate surface area is 168 Å². The molecule has 0 aliphatic rings. The van der Waals surface area contributed by atoms with E-state index in [0.29, 0.717) is 16.0 Å². The number of aryl methyl sites for hydroxylation is 1. The quantitative estimate of drug-likeness (QED) is 0.456. The van der Waals surface area contributed by atoms with Crippen LogP contribution in [0.4, 0.5) is 5.69 Å². The standard InChI is InChI=1S/C22H25NO4S/c1-5-23(6-2)15-7-10-17-14(3)18(21(24)27-19(17)13-15)11-8-16-9-12-20(28-16)22(25)26-4/h7-13,22,25H,5-6H2,1-4H3/b11-8+. The smallest absolute Gasteiger partial charge is 0.343 e. The highest BCUT2D eigenvalue weighted by atomic mass is 32.1. The summed E-state index contributed by atoms with van der Waals surface area (Å²) >= 11 is 1.41. The third-order valence-electron chi connectivity index (χ3n) is 4.85. The third kappa shape index (κ3) is 4.04. The molecule has 0 fully saturated rings. The van der Waals surface area contributed by atoms with Gasteiger partial charge in [0.25, 0.3) is 0 Å². The molecule has 0 saturated carbocycles. The van der Waals surface area contributed by atoms with E-state index in [9.17, 15) is 9.90 Å². The van der Waals surface area contributed by atoms with Gasteiger partial charge in [-0.1, -0.05) is 0 Å². The molecular formula is C22H25NO4S. The highest BCUT2D eigenvalue weighted by Crippen LogP contribution is 2.27. The molecule has 1 N–H and O–H groups in total. The van der Waals surface area contributed by atoms with Gasteiger partial charge in [-0.15, -0.1) is 11.3 Å². The van der Waals surface area contributed by atoms with Crippen molar-refractivity contribution in [2.45, 2.75) is 27.1 Å². The highest BCUT2D eigenvalue weighted by molar-refractivity contribution is 7.13. The number of thiophene rings is 1. The Morgan fingerprint density at radius 1 is 1.21 bits per heavy atom. The Kier molecular flexibility index (Phi) is 6.34. The first-order chi connectivity index (χ1) is 13.5. The third-order valence-corrected chi connectivity index (χ3v) is 5.93. The van der Waals surface area contributed by atoms with E-state index >= 15 is 0 Å². The first-order valence-corrected chi connectivity index (χ1v) is 10.1. The van der Waals surface area contributed by atoms with Crippen molar-refractivity contribution in [3.05, 3.63) is 61.6 Å². The molecule has 0 amide bonds. The summed E-state index contributed by atoms with van der Waals surface area (Å²) in [6.07, 6.45) is 2.69. The average Bonchev–Trinajstić information content (AvgIpc) is 3.17. The molecule has 28 heavy (non-hydrogen) atoms. The summed E-state index contributed by atoms with van der Waals surface area (Å²) < 4.78 is 10.5. The molecule has 1 atom stereocenters. The number of fused-ring (bicyclic) bond motifs is 1. The first-order valence-electron chi connectivity index (χ1n) is 9.29. The molecule has 1 unspecified atom stereocenters. The van der Waals surface area contributed by atoms with Gasteiger partial charge in [0.05, 0.1) is 10.4 Å². The Bertz CT molecular complexity index is 1050. The SMILES string of the molecule is CCN(CC)c1ccc2c(C)c(/C=C/c3ccc(C(O)OC)s3)c(=O)oc2c1. The van der Waals surface area contributed by atoms with E-state index in [2.05, 4.69) is 24.8 Å². The van der Waals surface area contributed by atoms with Gasteiger partial charge in [0.2, 0.25) is 0 Å². The van der Waals surface area contributed by atoms with Crippen LogP contribution in [0, 0.1) is 6.92 Å². The average molecular weight is 400 g/mol. The zero-order valence-electron chi connectivity index (χ0n) is 16.6. The second-order valence-corrected chi connectivity index (χ2v) is 7.59. The van der Waals surface area contributed by atoms with Crippen LogP contribution in [-0.4, -0.2) is 25.3 Å². The summed E-state index contributed by atoms with van der Waals surface area (Å²) in [5.74, 6) is 0. The van der Waals surface area contributed by atoms with Crippen LogP contribution in [0.25, 0.3) is 23.1 Å². The van der Waals surface area contributed by atoms with Crippen molar-refractivity contribution < 1.29 is 14.3 Å². The summed E-state index contributed by atoms with van der Waals surface area (Å²) in [4.78, 5) is 16.4. The molecule has 0 bridgehead atoms. The number of rotatable bonds is 7. The largest absolute Gasteiger partial charge is 0.422 e. The monoisotopic (exact) mass is 399 g/mol. The van der Waals surface area contributed by atoms with Crippen molar-refractivity contribution in [1.82, 2.24) is 0 Å². The molecule has 3 aromatic rings. The van der Waals surface area contributed by atoms with Crippen LogP contribution in [0.5, 0.6) is 0 Å². The number of nitrogens with zero attached hydrogens (tertiary/aromatic N) is 1. The van der Waals surface area contributed by atoms with Gasteiger partial charge in [-0.05, 0) is 62.8 Å². The molecule has 2 heterocycles.